The molecule has 5 aliphatic rings. The fourth-order valence-corrected chi connectivity index (χ4v) is 9.44. The first-order valence-corrected chi connectivity index (χ1v) is 15.3. The van der Waals surface area contributed by atoms with Crippen molar-refractivity contribution in [3.05, 3.63) is 0 Å². The Bertz CT molecular complexity index is 1320. The molecule has 1 N–H and O–H groups in total. The van der Waals surface area contributed by atoms with Gasteiger partial charge in [0, 0.05) is 51.9 Å². The van der Waals surface area contributed by atoms with Crippen molar-refractivity contribution in [1.29, 1.82) is 0 Å². The summed E-state index contributed by atoms with van der Waals surface area (Å²) in [6.07, 6.45) is -6.27. The summed E-state index contributed by atoms with van der Waals surface area (Å²) in [6, 6.07) is 0. The van der Waals surface area contributed by atoms with Gasteiger partial charge in [0.2, 0.25) is 0 Å². The summed E-state index contributed by atoms with van der Waals surface area (Å²) in [5.41, 5.74) is -8.79. The van der Waals surface area contributed by atoms with E-state index in [1.54, 1.807) is 27.7 Å². The van der Waals surface area contributed by atoms with E-state index in [-0.39, 0.29) is 32.3 Å². The fourth-order valence-electron chi connectivity index (χ4n) is 9.44. The lowest BCUT2D eigenvalue weighted by atomic mass is 9.56. The summed E-state index contributed by atoms with van der Waals surface area (Å²) in [4.78, 5) is 78.0. The van der Waals surface area contributed by atoms with E-state index in [1.807, 2.05) is 0 Å². The molecule has 14 nitrogen and oxygen atoms in total. The van der Waals surface area contributed by atoms with E-state index in [0.29, 0.717) is 0 Å². The molecule has 14 heteroatoms. The van der Waals surface area contributed by atoms with Crippen molar-refractivity contribution in [3.8, 4) is 0 Å². The molecule has 0 aromatic rings. The lowest BCUT2D eigenvalue weighted by molar-refractivity contribution is -0.254. The van der Waals surface area contributed by atoms with Crippen molar-refractivity contribution in [1.82, 2.24) is 0 Å². The monoisotopic (exact) mass is 638 g/mol. The van der Waals surface area contributed by atoms with E-state index in [1.165, 1.54) is 13.8 Å². The van der Waals surface area contributed by atoms with Crippen molar-refractivity contribution >= 4 is 35.8 Å². The van der Waals surface area contributed by atoms with Crippen molar-refractivity contribution in [2.24, 2.45) is 23.2 Å². The number of fused-ring (bicyclic) bond motifs is 3. The van der Waals surface area contributed by atoms with Crippen LogP contribution in [0.3, 0.4) is 0 Å². The van der Waals surface area contributed by atoms with E-state index < -0.39 is 106 Å². The van der Waals surface area contributed by atoms with Crippen LogP contribution in [0, 0.1) is 23.2 Å². The Morgan fingerprint density at radius 3 is 1.91 bits per heavy atom. The molecule has 3 saturated carbocycles. The summed E-state index contributed by atoms with van der Waals surface area (Å²) in [7, 11) is 0. The Hall–Kier alpha value is -3.26. The molecule has 0 radical (unpaired) electrons. The third kappa shape index (κ3) is 4.56. The van der Waals surface area contributed by atoms with Crippen LogP contribution in [0.15, 0.2) is 0 Å². The van der Waals surface area contributed by atoms with Crippen molar-refractivity contribution in [2.45, 2.75) is 128 Å². The molecule has 5 fully saturated rings. The van der Waals surface area contributed by atoms with Crippen LogP contribution in [-0.2, 0) is 61.9 Å². The van der Waals surface area contributed by atoms with Crippen LogP contribution >= 0.6 is 0 Å². The molecule has 0 aromatic heterocycles. The number of carbonyl (C=O) groups is 6. The summed E-state index contributed by atoms with van der Waals surface area (Å²) >= 11 is 0. The smallest absolute Gasteiger partial charge is 0.306 e. The molecular weight excluding hydrogens is 596 g/mol. The van der Waals surface area contributed by atoms with Crippen LogP contribution < -0.4 is 0 Å². The standard InChI is InChI=1S/C31H42O14/c1-9-21(36)43-24-25(41-15(3)33)31(38,27(6)13-39-27)20-12-22(37)45-29(20,8)19-11-10-18-23(40-14(2)32)30(19,24)26(42-16(4)34)28(18,7)44-17(5)35/h18-20,23-26,38H,9-13H2,1-8H3/t18-,19+,20+,23-,24-,25-,26+,27-,28+,29-,30+,31+/m1/s1. The first kappa shape index (κ1) is 33.1. The molecule has 3 aliphatic carbocycles. The first-order valence-electron chi connectivity index (χ1n) is 15.3. The van der Waals surface area contributed by atoms with Gasteiger partial charge in [-0.1, -0.05) is 6.92 Å². The molecule has 12 atom stereocenters. The number of hydrogen-bond donors (Lipinski definition) is 1. The third-order valence-electron chi connectivity index (χ3n) is 11.0. The summed E-state index contributed by atoms with van der Waals surface area (Å²) in [6.45, 7) is 10.9. The average molecular weight is 639 g/mol. The number of epoxide rings is 1. The Labute approximate surface area is 260 Å². The van der Waals surface area contributed by atoms with Gasteiger partial charge in [-0.05, 0) is 33.6 Å². The number of esters is 6. The van der Waals surface area contributed by atoms with Crippen molar-refractivity contribution < 1.29 is 67.0 Å². The van der Waals surface area contributed by atoms with Crippen LogP contribution in [0.5, 0.6) is 0 Å². The van der Waals surface area contributed by atoms with Gasteiger partial charge in [0.05, 0.1) is 18.4 Å². The quantitative estimate of drug-likeness (QED) is 0.238. The zero-order chi connectivity index (χ0) is 33.5. The lowest BCUT2D eigenvalue weighted by Crippen LogP contribution is -2.69. The second kappa shape index (κ2) is 10.6. The maximum atomic E-state index is 13.4. The molecule has 250 valence electrons. The Morgan fingerprint density at radius 2 is 1.40 bits per heavy atom. The van der Waals surface area contributed by atoms with Gasteiger partial charge in [0.15, 0.2) is 23.9 Å². The topological polar surface area (TPSA) is 191 Å². The predicted molar refractivity (Wildman–Crippen MR) is 148 cm³/mol. The third-order valence-corrected chi connectivity index (χ3v) is 11.0. The van der Waals surface area contributed by atoms with E-state index in [2.05, 4.69) is 0 Å². The molecular formula is C31H42O14. The zero-order valence-corrected chi connectivity index (χ0v) is 26.8. The molecule has 2 saturated heterocycles. The van der Waals surface area contributed by atoms with E-state index >= 15 is 0 Å². The van der Waals surface area contributed by atoms with E-state index in [9.17, 15) is 33.9 Å². The van der Waals surface area contributed by atoms with Crippen molar-refractivity contribution in [3.63, 3.8) is 0 Å². The molecule has 1 spiro atoms. The predicted octanol–water partition coefficient (Wildman–Crippen LogP) is 1.31. The largest absolute Gasteiger partial charge is 0.461 e. The zero-order valence-electron chi connectivity index (χ0n) is 26.8. The van der Waals surface area contributed by atoms with Gasteiger partial charge in [0.1, 0.15) is 22.9 Å². The molecule has 5 rings (SSSR count). The Balaban J connectivity index is 1.95. The van der Waals surface area contributed by atoms with Gasteiger partial charge in [-0.25, -0.2) is 0 Å². The van der Waals surface area contributed by atoms with Gasteiger partial charge >= 0.3 is 35.8 Å². The molecule has 2 aliphatic heterocycles. The van der Waals surface area contributed by atoms with Crippen molar-refractivity contribution in [2.75, 3.05) is 6.61 Å². The fraction of sp³-hybridized carbons (Fsp3) is 0.806. The highest BCUT2D eigenvalue weighted by Gasteiger charge is 2.88. The SMILES string of the molecule is CCC(=O)O[C@@H]1[C@@H](OC(C)=O)[C@](O)([C@@]2(C)CO2)[C@H]2CC(=O)O[C@]2(C)[C@@H]2CC[C@@H]3[C@@H](OC(C)=O)[C@]12[C@@H](OC(C)=O)[C@@]3(C)OC(C)=O. The summed E-state index contributed by atoms with van der Waals surface area (Å²) in [5.74, 6) is -7.44. The molecule has 45 heavy (non-hydrogen) atoms. The van der Waals surface area contributed by atoms with Crippen LogP contribution in [-0.4, -0.2) is 94.3 Å². The highest BCUT2D eigenvalue weighted by atomic mass is 16.6. The van der Waals surface area contributed by atoms with Gasteiger partial charge in [-0.2, -0.15) is 0 Å². The second-order valence-electron chi connectivity index (χ2n) is 13.6. The van der Waals surface area contributed by atoms with E-state index in [0.717, 1.165) is 13.8 Å². The number of ether oxygens (including phenoxy) is 7. The summed E-state index contributed by atoms with van der Waals surface area (Å²) in [5, 5.41) is 13.0. The lowest BCUT2D eigenvalue weighted by Gasteiger charge is -2.54. The number of hydrogen-bond acceptors (Lipinski definition) is 14. The van der Waals surface area contributed by atoms with Gasteiger partial charge < -0.3 is 38.3 Å². The second-order valence-corrected chi connectivity index (χ2v) is 13.6. The Kier molecular flexibility index (Phi) is 7.83. The normalized spacial score (nSPS) is 46.0. The first-order chi connectivity index (χ1) is 20.8. The van der Waals surface area contributed by atoms with E-state index in [4.69, 9.17) is 33.2 Å². The highest BCUT2D eigenvalue weighted by Crippen LogP contribution is 2.72. The van der Waals surface area contributed by atoms with Crippen LogP contribution in [0.4, 0.5) is 0 Å². The molecule has 0 aromatic carbocycles. The molecule has 0 amide bonds. The minimum Gasteiger partial charge on any atom is -0.461 e. The van der Waals surface area contributed by atoms with Gasteiger partial charge in [0.25, 0.3) is 0 Å². The van der Waals surface area contributed by atoms with Crippen LogP contribution in [0.25, 0.3) is 0 Å². The number of aliphatic hydroxyl groups is 1. The average Bonchev–Trinajstić information content (AvgIpc) is 3.59. The maximum absolute atomic E-state index is 13.4. The Morgan fingerprint density at radius 1 is 0.822 bits per heavy atom. The molecule has 2 heterocycles. The maximum Gasteiger partial charge on any atom is 0.306 e. The number of carbonyl (C=O) groups excluding carboxylic acids is 6. The van der Waals surface area contributed by atoms with Crippen LogP contribution in [0.1, 0.15) is 81.1 Å². The minimum absolute atomic E-state index is 0.00266. The minimum atomic E-state index is -2.22. The molecule has 0 unspecified atom stereocenters. The molecule has 2 bridgehead atoms. The van der Waals surface area contributed by atoms with Gasteiger partial charge in [-0.15, -0.1) is 0 Å². The summed E-state index contributed by atoms with van der Waals surface area (Å²) < 4.78 is 42.2. The van der Waals surface area contributed by atoms with Gasteiger partial charge in [-0.3, -0.25) is 28.8 Å². The number of rotatable bonds is 7. The highest BCUT2D eigenvalue weighted by molar-refractivity contribution is 5.75. The van der Waals surface area contributed by atoms with Crippen LogP contribution in [0.2, 0.25) is 0 Å².